The average Bonchev–Trinajstić information content (AvgIpc) is 2.77. The van der Waals surface area contributed by atoms with E-state index in [2.05, 4.69) is 21.4 Å². The Labute approximate surface area is 194 Å². The third-order valence-electron chi connectivity index (χ3n) is 5.46. The number of nitrogens with zero attached hydrogens (tertiary/aromatic N) is 3. The summed E-state index contributed by atoms with van der Waals surface area (Å²) >= 11 is 0. The zero-order valence-electron chi connectivity index (χ0n) is 19.4. The number of aromatic nitrogens is 2. The molecule has 0 radical (unpaired) electrons. The molecule has 0 aliphatic carbocycles. The van der Waals surface area contributed by atoms with Crippen LogP contribution in [0.15, 0.2) is 48.8 Å². The highest BCUT2D eigenvalue weighted by atomic mass is 16.6. The van der Waals surface area contributed by atoms with Gasteiger partial charge >= 0.3 is 6.09 Å². The van der Waals surface area contributed by atoms with E-state index in [-0.39, 0.29) is 12.2 Å². The van der Waals surface area contributed by atoms with Gasteiger partial charge in [-0.3, -0.25) is 0 Å². The number of rotatable bonds is 5. The first-order valence-corrected chi connectivity index (χ1v) is 11.2. The molecular weight excluding hydrogens is 418 g/mol. The van der Waals surface area contributed by atoms with Gasteiger partial charge in [-0.05, 0) is 49.9 Å². The summed E-state index contributed by atoms with van der Waals surface area (Å²) < 4.78 is 11.6. The third kappa shape index (κ3) is 6.03. The number of hydrogen-bond donors (Lipinski definition) is 2. The van der Waals surface area contributed by atoms with Crippen molar-refractivity contribution in [1.82, 2.24) is 14.9 Å². The Morgan fingerprint density at radius 1 is 1.12 bits per heavy atom. The Bertz CT molecular complexity index is 1120. The summed E-state index contributed by atoms with van der Waals surface area (Å²) in [5.41, 5.74) is 6.57. The maximum absolute atomic E-state index is 12.2. The monoisotopic (exact) mass is 449 g/mol. The van der Waals surface area contributed by atoms with Crippen molar-refractivity contribution in [2.75, 3.05) is 24.1 Å². The second kappa shape index (κ2) is 9.52. The lowest BCUT2D eigenvalue weighted by molar-refractivity contribution is 0.0126. The summed E-state index contributed by atoms with van der Waals surface area (Å²) in [5.74, 6) is 2.05. The lowest BCUT2D eigenvalue weighted by Crippen LogP contribution is -2.44. The molecule has 1 fully saturated rings. The molecule has 8 nitrogen and oxygen atoms in total. The summed E-state index contributed by atoms with van der Waals surface area (Å²) in [4.78, 5) is 22.5. The molecular formula is C25H31N5O3. The fourth-order valence-corrected chi connectivity index (χ4v) is 3.81. The van der Waals surface area contributed by atoms with E-state index in [1.807, 2.05) is 51.1 Å². The number of nitrogens with one attached hydrogen (secondary N) is 1. The van der Waals surface area contributed by atoms with Crippen LogP contribution in [0.3, 0.4) is 0 Å². The second-order valence-corrected chi connectivity index (χ2v) is 9.27. The first kappa shape index (κ1) is 22.6. The summed E-state index contributed by atoms with van der Waals surface area (Å²) in [5, 5.41) is 5.37. The second-order valence-electron chi connectivity index (χ2n) is 9.27. The SMILES string of the molecule is CC(C)(C)OC(=O)N1CCC(Oc2ccnc(NCc3ccc4c(N)nccc4c3)c2)CC1. The van der Waals surface area contributed by atoms with Gasteiger partial charge in [-0.1, -0.05) is 12.1 Å². The molecule has 174 valence electrons. The molecule has 0 bridgehead atoms. The van der Waals surface area contributed by atoms with E-state index in [1.165, 1.54) is 0 Å². The lowest BCUT2D eigenvalue weighted by Gasteiger charge is -2.33. The van der Waals surface area contributed by atoms with Crippen molar-refractivity contribution in [2.24, 2.45) is 0 Å². The number of carbonyl (C=O) groups is 1. The molecule has 3 N–H and O–H groups in total. The van der Waals surface area contributed by atoms with Crippen molar-refractivity contribution < 1.29 is 14.3 Å². The zero-order chi connectivity index (χ0) is 23.4. The van der Waals surface area contributed by atoms with Gasteiger partial charge in [0.05, 0.1) is 0 Å². The Morgan fingerprint density at radius 3 is 2.64 bits per heavy atom. The number of nitrogens with two attached hydrogens (primary N) is 1. The van der Waals surface area contributed by atoms with Crippen molar-refractivity contribution in [3.05, 3.63) is 54.4 Å². The van der Waals surface area contributed by atoms with E-state index < -0.39 is 5.60 Å². The van der Waals surface area contributed by atoms with E-state index >= 15 is 0 Å². The molecule has 0 atom stereocenters. The molecule has 0 unspecified atom stereocenters. The molecule has 8 heteroatoms. The van der Waals surface area contributed by atoms with Gasteiger partial charge in [-0.25, -0.2) is 14.8 Å². The van der Waals surface area contributed by atoms with Crippen LogP contribution in [-0.2, 0) is 11.3 Å². The Morgan fingerprint density at radius 2 is 1.88 bits per heavy atom. The summed E-state index contributed by atoms with van der Waals surface area (Å²) in [7, 11) is 0. The summed E-state index contributed by atoms with van der Waals surface area (Å²) in [6.07, 6.45) is 4.77. The molecule has 2 aromatic heterocycles. The molecule has 3 aromatic rings. The topological polar surface area (TPSA) is 103 Å². The lowest BCUT2D eigenvalue weighted by atomic mass is 10.1. The predicted molar refractivity (Wildman–Crippen MR) is 129 cm³/mol. The van der Waals surface area contributed by atoms with E-state index in [0.29, 0.717) is 25.5 Å². The Kier molecular flexibility index (Phi) is 6.53. The number of piperidine rings is 1. The summed E-state index contributed by atoms with van der Waals surface area (Å²) in [6.45, 7) is 7.51. The number of nitrogen functional groups attached to an aromatic ring is 1. The standard InChI is InChI=1S/C25H31N5O3/c1-25(2,3)33-24(31)30-12-8-19(9-13-30)32-20-7-11-27-22(15-20)29-16-17-4-5-21-18(14-17)6-10-28-23(21)26/h4-7,10-11,14-15,19H,8-9,12-13,16H2,1-3H3,(H2,26,28)(H,27,29). The quantitative estimate of drug-likeness (QED) is 0.587. The van der Waals surface area contributed by atoms with Crippen LogP contribution in [0.4, 0.5) is 16.4 Å². The van der Waals surface area contributed by atoms with Gasteiger partial charge in [0.1, 0.15) is 29.1 Å². The van der Waals surface area contributed by atoms with Gasteiger partial charge < -0.3 is 25.4 Å². The maximum Gasteiger partial charge on any atom is 0.410 e. The number of pyridine rings is 2. The number of amides is 1. The van der Waals surface area contributed by atoms with Crippen LogP contribution in [0.2, 0.25) is 0 Å². The minimum absolute atomic E-state index is 0.0542. The van der Waals surface area contributed by atoms with Crippen molar-refractivity contribution in [1.29, 1.82) is 0 Å². The van der Waals surface area contributed by atoms with Crippen molar-refractivity contribution in [2.45, 2.75) is 51.9 Å². The number of fused-ring (bicyclic) bond motifs is 1. The van der Waals surface area contributed by atoms with Crippen LogP contribution in [0, 0.1) is 0 Å². The number of carbonyl (C=O) groups excluding carboxylic acids is 1. The fourth-order valence-electron chi connectivity index (χ4n) is 3.81. The van der Waals surface area contributed by atoms with Gasteiger partial charge in [0, 0.05) is 56.3 Å². The first-order chi connectivity index (χ1) is 15.8. The van der Waals surface area contributed by atoms with Gasteiger partial charge in [0.2, 0.25) is 0 Å². The van der Waals surface area contributed by atoms with Crippen LogP contribution < -0.4 is 15.8 Å². The molecule has 0 saturated carbocycles. The van der Waals surface area contributed by atoms with Crippen molar-refractivity contribution in [3.63, 3.8) is 0 Å². The molecule has 1 aromatic carbocycles. The van der Waals surface area contributed by atoms with Crippen LogP contribution in [0.25, 0.3) is 10.8 Å². The Balaban J connectivity index is 1.30. The van der Waals surface area contributed by atoms with Gasteiger partial charge in [0.25, 0.3) is 0 Å². The number of benzene rings is 1. The van der Waals surface area contributed by atoms with Crippen LogP contribution in [0.5, 0.6) is 5.75 Å². The highest BCUT2D eigenvalue weighted by Crippen LogP contribution is 2.23. The molecule has 1 amide bonds. The molecule has 1 saturated heterocycles. The van der Waals surface area contributed by atoms with Crippen LogP contribution >= 0.6 is 0 Å². The molecule has 4 rings (SSSR count). The highest BCUT2D eigenvalue weighted by molar-refractivity contribution is 5.91. The molecule has 1 aliphatic heterocycles. The normalized spacial score (nSPS) is 14.8. The number of ether oxygens (including phenoxy) is 2. The maximum atomic E-state index is 12.2. The minimum atomic E-state index is -0.484. The fraction of sp³-hybridized carbons (Fsp3) is 0.400. The predicted octanol–water partition coefficient (Wildman–Crippen LogP) is 4.60. The molecule has 3 heterocycles. The smallest absolute Gasteiger partial charge is 0.410 e. The Hall–Kier alpha value is -3.55. The third-order valence-corrected chi connectivity index (χ3v) is 5.46. The molecule has 1 aliphatic rings. The number of anilines is 2. The molecule has 0 spiro atoms. The summed E-state index contributed by atoms with van der Waals surface area (Å²) in [6, 6.07) is 11.8. The highest BCUT2D eigenvalue weighted by Gasteiger charge is 2.27. The van der Waals surface area contributed by atoms with Crippen LogP contribution in [0.1, 0.15) is 39.2 Å². The van der Waals surface area contributed by atoms with E-state index in [4.69, 9.17) is 15.2 Å². The minimum Gasteiger partial charge on any atom is -0.490 e. The number of hydrogen-bond acceptors (Lipinski definition) is 7. The first-order valence-electron chi connectivity index (χ1n) is 11.2. The number of likely N-dealkylation sites (tertiary alicyclic amines) is 1. The van der Waals surface area contributed by atoms with Crippen molar-refractivity contribution in [3.8, 4) is 5.75 Å². The van der Waals surface area contributed by atoms with E-state index in [1.54, 1.807) is 17.3 Å². The largest absolute Gasteiger partial charge is 0.490 e. The van der Waals surface area contributed by atoms with Crippen molar-refractivity contribution >= 4 is 28.5 Å². The average molecular weight is 450 g/mol. The van der Waals surface area contributed by atoms with Gasteiger partial charge in [-0.15, -0.1) is 0 Å². The van der Waals surface area contributed by atoms with Gasteiger partial charge in [0.15, 0.2) is 0 Å². The molecule has 33 heavy (non-hydrogen) atoms. The zero-order valence-corrected chi connectivity index (χ0v) is 19.4. The van der Waals surface area contributed by atoms with E-state index in [0.717, 1.165) is 40.7 Å². The van der Waals surface area contributed by atoms with E-state index in [9.17, 15) is 4.79 Å². The van der Waals surface area contributed by atoms with Crippen LogP contribution in [-0.4, -0.2) is 45.8 Å². The van der Waals surface area contributed by atoms with Gasteiger partial charge in [-0.2, -0.15) is 0 Å².